The van der Waals surface area contributed by atoms with Gasteiger partial charge >= 0.3 is 0 Å². The summed E-state index contributed by atoms with van der Waals surface area (Å²) in [6, 6.07) is 19.4. The Bertz CT molecular complexity index is 1670. The molecule has 0 saturated heterocycles. The molecule has 1 N–H and O–H groups in total. The average Bonchev–Trinajstić information content (AvgIpc) is 3.38. The van der Waals surface area contributed by atoms with E-state index in [1.807, 2.05) is 53.2 Å². The Morgan fingerprint density at radius 1 is 1.12 bits per heavy atom. The van der Waals surface area contributed by atoms with Crippen LogP contribution in [0.3, 0.4) is 0 Å². The molecule has 2 aliphatic rings. The van der Waals surface area contributed by atoms with E-state index in [1.54, 1.807) is 7.11 Å². The highest BCUT2D eigenvalue weighted by atomic mass is 79.9. The predicted molar refractivity (Wildman–Crippen MR) is 165 cm³/mol. The lowest BCUT2D eigenvalue weighted by molar-refractivity contribution is -0.116. The van der Waals surface area contributed by atoms with E-state index >= 15 is 0 Å². The molecular weight excluding hydrogens is 624 g/mol. The smallest absolute Gasteiger partial charge is 0.227 e. The van der Waals surface area contributed by atoms with Crippen molar-refractivity contribution in [2.24, 2.45) is 0 Å². The molecule has 7 nitrogen and oxygen atoms in total. The van der Waals surface area contributed by atoms with E-state index in [1.165, 1.54) is 11.8 Å². The van der Waals surface area contributed by atoms with Gasteiger partial charge in [-0.2, -0.15) is 4.98 Å². The molecule has 3 aromatic carbocycles. The number of carbonyl (C=O) groups excluding carboxylic acids is 1. The Kier molecular flexibility index (Phi) is 8.10. The van der Waals surface area contributed by atoms with Crippen molar-refractivity contribution in [3.05, 3.63) is 104 Å². The number of Topliss-reactive ketones (excluding diaryl/α,β-unsaturated/α-hetero) is 1. The molecule has 4 aromatic rings. The third kappa shape index (κ3) is 5.63. The van der Waals surface area contributed by atoms with Crippen LogP contribution in [0.1, 0.15) is 47.6 Å². The zero-order valence-electron chi connectivity index (χ0n) is 22.6. The van der Waals surface area contributed by atoms with Crippen LogP contribution in [0, 0.1) is 6.92 Å². The van der Waals surface area contributed by atoms with Gasteiger partial charge in [0.2, 0.25) is 11.1 Å². The number of allylic oxidation sites excluding steroid dienone is 2. The summed E-state index contributed by atoms with van der Waals surface area (Å²) < 4.78 is 14.6. The number of ketones is 1. The van der Waals surface area contributed by atoms with Gasteiger partial charge < -0.3 is 14.8 Å². The van der Waals surface area contributed by atoms with E-state index in [2.05, 4.69) is 40.3 Å². The minimum Gasteiger partial charge on any atom is -0.493 e. The molecule has 1 atom stereocenters. The number of fused-ring (bicyclic) bond motifs is 1. The van der Waals surface area contributed by atoms with Gasteiger partial charge in [0, 0.05) is 28.5 Å². The summed E-state index contributed by atoms with van der Waals surface area (Å²) in [5, 5.41) is 9.58. The summed E-state index contributed by atoms with van der Waals surface area (Å²) in [6.07, 6.45) is 2.09. The molecule has 0 spiro atoms. The number of ether oxygens (including phenoxy) is 2. The molecule has 0 amide bonds. The molecule has 0 saturated carbocycles. The first kappa shape index (κ1) is 27.9. The fourth-order valence-electron chi connectivity index (χ4n) is 5.22. The minimum atomic E-state index is -0.452. The number of thioether (sulfide) groups is 1. The van der Waals surface area contributed by atoms with Crippen LogP contribution >= 0.6 is 39.3 Å². The van der Waals surface area contributed by atoms with Crippen LogP contribution in [0.4, 0.5) is 5.95 Å². The lowest BCUT2D eigenvalue weighted by atomic mass is 9.85. The number of carbonyl (C=O) groups is 1. The van der Waals surface area contributed by atoms with Crippen LogP contribution in [0.2, 0.25) is 5.02 Å². The SMILES string of the molecule is COc1cc(C2C3=C(CCCC3=O)Nc3nc(SCc4ccccc4Cl)nn32)cc(Br)c1OCc1ccccc1C. The lowest BCUT2D eigenvalue weighted by Crippen LogP contribution is -2.31. The molecule has 6 rings (SSSR count). The first-order valence-electron chi connectivity index (χ1n) is 13.3. The van der Waals surface area contributed by atoms with Gasteiger partial charge in [-0.1, -0.05) is 65.8 Å². The molecule has 1 aliphatic carbocycles. The fraction of sp³-hybridized carbons (Fsp3) is 0.258. The van der Waals surface area contributed by atoms with Crippen LogP contribution in [0.5, 0.6) is 11.5 Å². The first-order chi connectivity index (χ1) is 19.9. The largest absolute Gasteiger partial charge is 0.493 e. The van der Waals surface area contributed by atoms with Crippen molar-refractivity contribution in [3.8, 4) is 11.5 Å². The number of nitrogens with one attached hydrogen (secondary N) is 1. The zero-order valence-corrected chi connectivity index (χ0v) is 25.8. The molecule has 0 radical (unpaired) electrons. The molecule has 1 aromatic heterocycles. The summed E-state index contributed by atoms with van der Waals surface area (Å²) in [5.41, 5.74) is 5.75. The molecule has 41 heavy (non-hydrogen) atoms. The van der Waals surface area contributed by atoms with E-state index < -0.39 is 6.04 Å². The highest BCUT2D eigenvalue weighted by Gasteiger charge is 2.37. The van der Waals surface area contributed by atoms with Gasteiger partial charge in [-0.05, 0) is 76.1 Å². The topological polar surface area (TPSA) is 78.3 Å². The van der Waals surface area contributed by atoms with Gasteiger partial charge in [0.1, 0.15) is 12.6 Å². The second-order valence-corrected chi connectivity index (χ2v) is 12.2. The Morgan fingerprint density at radius 3 is 2.68 bits per heavy atom. The quantitative estimate of drug-likeness (QED) is 0.194. The summed E-state index contributed by atoms with van der Waals surface area (Å²) in [7, 11) is 1.62. The monoisotopic (exact) mass is 650 g/mol. The Hall–Kier alpha value is -3.27. The normalized spacial score (nSPS) is 16.2. The standard InChI is InChI=1S/C31H28BrClN4O3S/c1-18-8-3-4-9-19(18)16-40-29-22(32)14-21(15-26(29)39-2)28-27-24(12-7-13-25(27)38)34-30-35-31(36-37(28)30)41-17-20-10-5-6-11-23(20)33/h3-6,8-11,14-15,28H,7,12-13,16-17H2,1-2H3,(H,34,35,36). The summed E-state index contributed by atoms with van der Waals surface area (Å²) in [6.45, 7) is 2.47. The third-order valence-corrected chi connectivity index (χ3v) is 9.21. The van der Waals surface area contributed by atoms with Crippen molar-refractivity contribution in [1.29, 1.82) is 0 Å². The number of halogens is 2. The highest BCUT2D eigenvalue weighted by Crippen LogP contribution is 2.45. The van der Waals surface area contributed by atoms with Crippen LogP contribution < -0.4 is 14.8 Å². The average molecular weight is 652 g/mol. The highest BCUT2D eigenvalue weighted by molar-refractivity contribution is 9.10. The fourth-order valence-corrected chi connectivity index (χ4v) is 6.91. The van der Waals surface area contributed by atoms with Crippen LogP contribution in [0.25, 0.3) is 0 Å². The number of rotatable bonds is 8. The first-order valence-corrected chi connectivity index (χ1v) is 15.5. The van der Waals surface area contributed by atoms with Crippen LogP contribution in [-0.2, 0) is 17.2 Å². The van der Waals surface area contributed by atoms with E-state index in [4.69, 9.17) is 31.2 Å². The van der Waals surface area contributed by atoms with Crippen molar-refractivity contribution in [2.45, 2.75) is 49.7 Å². The summed E-state index contributed by atoms with van der Waals surface area (Å²) >= 11 is 11.6. The third-order valence-electron chi connectivity index (χ3n) is 7.36. The van der Waals surface area contributed by atoms with Crippen molar-refractivity contribution < 1.29 is 14.3 Å². The molecule has 1 aliphatic heterocycles. The van der Waals surface area contributed by atoms with Gasteiger partial charge in [-0.15, -0.1) is 5.10 Å². The van der Waals surface area contributed by atoms with Gasteiger partial charge in [0.25, 0.3) is 0 Å². The molecule has 210 valence electrons. The maximum Gasteiger partial charge on any atom is 0.227 e. The molecule has 0 fully saturated rings. The van der Waals surface area contributed by atoms with Gasteiger partial charge in [-0.25, -0.2) is 4.68 Å². The Balaban J connectivity index is 1.35. The maximum atomic E-state index is 13.3. The summed E-state index contributed by atoms with van der Waals surface area (Å²) in [5.74, 6) is 2.53. The predicted octanol–water partition coefficient (Wildman–Crippen LogP) is 7.90. The van der Waals surface area contributed by atoms with E-state index in [-0.39, 0.29) is 5.78 Å². The number of aryl methyl sites for hydroxylation is 1. The van der Waals surface area contributed by atoms with Crippen molar-refractivity contribution in [2.75, 3.05) is 12.4 Å². The Labute approximate surface area is 256 Å². The van der Waals surface area contributed by atoms with Gasteiger partial charge in [-0.3, -0.25) is 4.79 Å². The second kappa shape index (κ2) is 11.9. The number of benzene rings is 3. The van der Waals surface area contributed by atoms with Gasteiger partial charge in [0.05, 0.1) is 11.6 Å². The number of methoxy groups -OCH3 is 1. The minimum absolute atomic E-state index is 0.116. The number of anilines is 1. The van der Waals surface area contributed by atoms with Crippen molar-refractivity contribution in [1.82, 2.24) is 14.8 Å². The van der Waals surface area contributed by atoms with Crippen molar-refractivity contribution in [3.63, 3.8) is 0 Å². The van der Waals surface area contributed by atoms with Crippen LogP contribution in [0.15, 0.2) is 81.6 Å². The molecule has 10 heteroatoms. The Morgan fingerprint density at radius 2 is 1.90 bits per heavy atom. The van der Waals surface area contributed by atoms with Crippen molar-refractivity contribution >= 4 is 51.0 Å². The van der Waals surface area contributed by atoms with E-state index in [0.29, 0.717) is 46.4 Å². The maximum absolute atomic E-state index is 13.3. The molecule has 0 bridgehead atoms. The molecule has 2 heterocycles. The van der Waals surface area contributed by atoms with E-state index in [0.717, 1.165) is 50.8 Å². The second-order valence-electron chi connectivity index (χ2n) is 9.99. The van der Waals surface area contributed by atoms with Gasteiger partial charge in [0.15, 0.2) is 17.3 Å². The number of hydrogen-bond acceptors (Lipinski definition) is 7. The number of hydrogen-bond donors (Lipinski definition) is 1. The van der Waals surface area contributed by atoms with E-state index in [9.17, 15) is 4.79 Å². The molecular formula is C31H28BrClN4O3S. The number of aromatic nitrogens is 3. The number of nitrogens with zero attached hydrogens (tertiary/aromatic N) is 3. The summed E-state index contributed by atoms with van der Waals surface area (Å²) in [4.78, 5) is 18.1. The zero-order chi connectivity index (χ0) is 28.5. The molecule has 1 unspecified atom stereocenters. The van der Waals surface area contributed by atoms with Crippen LogP contribution in [-0.4, -0.2) is 27.7 Å². The lowest BCUT2D eigenvalue weighted by Gasteiger charge is -2.32.